The van der Waals surface area contributed by atoms with Gasteiger partial charge in [0, 0.05) is 0 Å². The molecular formula is C7H6MgN2+2. The molecule has 0 spiro atoms. The van der Waals surface area contributed by atoms with Crippen LogP contribution in [0.15, 0.2) is 30.6 Å². The van der Waals surface area contributed by atoms with Crippen LogP contribution in [0.1, 0.15) is 0 Å². The number of hydrogen-bond donors (Lipinski definition) is 1. The largest absolute Gasteiger partial charge is 2.00 e. The van der Waals surface area contributed by atoms with Crippen molar-refractivity contribution in [3.05, 3.63) is 30.6 Å². The van der Waals surface area contributed by atoms with Crippen LogP contribution in [0.2, 0.25) is 0 Å². The van der Waals surface area contributed by atoms with E-state index < -0.39 is 0 Å². The molecular weight excluding hydrogens is 136 g/mol. The van der Waals surface area contributed by atoms with Gasteiger partial charge in [-0.05, 0) is 12.1 Å². The van der Waals surface area contributed by atoms with Gasteiger partial charge in [0.25, 0.3) is 0 Å². The van der Waals surface area contributed by atoms with Crippen LogP contribution in [0.3, 0.4) is 0 Å². The Labute approximate surface area is 74.8 Å². The monoisotopic (exact) mass is 142 g/mol. The molecule has 0 atom stereocenters. The van der Waals surface area contributed by atoms with Gasteiger partial charge >= 0.3 is 23.1 Å². The fraction of sp³-hybridized carbons (Fsp3) is 0. The molecule has 1 aromatic carbocycles. The number of rotatable bonds is 0. The van der Waals surface area contributed by atoms with Gasteiger partial charge in [-0.15, -0.1) is 0 Å². The Kier molecular flexibility index (Phi) is 2.29. The minimum atomic E-state index is 0. The van der Waals surface area contributed by atoms with Crippen molar-refractivity contribution >= 4 is 34.1 Å². The van der Waals surface area contributed by atoms with Crippen LogP contribution in [-0.2, 0) is 0 Å². The summed E-state index contributed by atoms with van der Waals surface area (Å²) in [7, 11) is 0. The average molecular weight is 142 g/mol. The Bertz CT molecular complexity index is 286. The number of para-hydroxylation sites is 2. The van der Waals surface area contributed by atoms with Crippen molar-refractivity contribution in [3.8, 4) is 0 Å². The van der Waals surface area contributed by atoms with E-state index in [9.17, 15) is 0 Å². The van der Waals surface area contributed by atoms with Crippen LogP contribution in [0.25, 0.3) is 11.0 Å². The molecule has 0 unspecified atom stereocenters. The summed E-state index contributed by atoms with van der Waals surface area (Å²) in [5.74, 6) is 0. The van der Waals surface area contributed by atoms with E-state index in [0.717, 1.165) is 11.0 Å². The summed E-state index contributed by atoms with van der Waals surface area (Å²) in [6, 6.07) is 7.94. The molecule has 44 valence electrons. The zero-order valence-electron chi connectivity index (χ0n) is 5.54. The van der Waals surface area contributed by atoms with Gasteiger partial charge in [0.1, 0.15) is 0 Å². The van der Waals surface area contributed by atoms with Crippen LogP contribution in [0.4, 0.5) is 0 Å². The molecule has 2 rings (SSSR count). The van der Waals surface area contributed by atoms with Crippen LogP contribution >= 0.6 is 0 Å². The van der Waals surface area contributed by atoms with Gasteiger partial charge in [0.15, 0.2) is 0 Å². The standard InChI is InChI=1S/C7H6N2.Mg/c1-2-4-7-6(3-1)8-5-9-7;/h1-5H,(H,8,9);/q;+2. The molecule has 0 aliphatic heterocycles. The number of aromatic amines is 1. The molecule has 0 aliphatic rings. The summed E-state index contributed by atoms with van der Waals surface area (Å²) in [5.41, 5.74) is 2.12. The molecule has 10 heavy (non-hydrogen) atoms. The van der Waals surface area contributed by atoms with Gasteiger partial charge in [-0.25, -0.2) is 4.98 Å². The van der Waals surface area contributed by atoms with Crippen molar-refractivity contribution < 1.29 is 0 Å². The Morgan fingerprint density at radius 3 is 2.80 bits per heavy atom. The number of H-pyrrole nitrogens is 1. The summed E-state index contributed by atoms with van der Waals surface area (Å²) < 4.78 is 0. The number of benzene rings is 1. The Hall–Kier alpha value is -0.544. The van der Waals surface area contributed by atoms with Crippen LogP contribution in [0.5, 0.6) is 0 Å². The minimum Gasteiger partial charge on any atom is -0.345 e. The minimum absolute atomic E-state index is 0. The van der Waals surface area contributed by atoms with Gasteiger partial charge in [-0.2, -0.15) is 0 Å². The molecule has 0 radical (unpaired) electrons. The predicted octanol–water partition coefficient (Wildman–Crippen LogP) is 1.18. The molecule has 0 saturated carbocycles. The zero-order valence-corrected chi connectivity index (χ0v) is 6.96. The number of nitrogens with one attached hydrogen (secondary N) is 1. The SMILES string of the molecule is [Mg+2].c1ccc2[nH]cnc2c1. The maximum atomic E-state index is 4.06. The van der Waals surface area contributed by atoms with Crippen molar-refractivity contribution in [2.24, 2.45) is 0 Å². The third kappa shape index (κ3) is 1.15. The van der Waals surface area contributed by atoms with E-state index in [1.807, 2.05) is 24.3 Å². The second-order valence-corrected chi connectivity index (χ2v) is 1.92. The molecule has 2 aromatic rings. The first-order valence-corrected chi connectivity index (χ1v) is 2.85. The normalized spacial score (nSPS) is 9.20. The van der Waals surface area contributed by atoms with E-state index in [1.165, 1.54) is 0 Å². The molecule has 1 aromatic heterocycles. The molecule has 1 heterocycles. The van der Waals surface area contributed by atoms with Gasteiger partial charge in [-0.1, -0.05) is 12.1 Å². The summed E-state index contributed by atoms with van der Waals surface area (Å²) >= 11 is 0. The zero-order chi connectivity index (χ0) is 6.10. The number of nitrogens with zero attached hydrogens (tertiary/aromatic N) is 1. The first-order valence-electron chi connectivity index (χ1n) is 2.85. The van der Waals surface area contributed by atoms with E-state index >= 15 is 0 Å². The fourth-order valence-electron chi connectivity index (χ4n) is 0.880. The first-order chi connectivity index (χ1) is 4.47. The summed E-state index contributed by atoms with van der Waals surface area (Å²) in [5, 5.41) is 0. The third-order valence-electron chi connectivity index (χ3n) is 1.33. The van der Waals surface area contributed by atoms with Crippen molar-refractivity contribution in [2.45, 2.75) is 0 Å². The molecule has 0 saturated heterocycles. The number of fused-ring (bicyclic) bond motifs is 1. The van der Waals surface area contributed by atoms with E-state index in [0.29, 0.717) is 0 Å². The summed E-state index contributed by atoms with van der Waals surface area (Å²) in [6.45, 7) is 0. The van der Waals surface area contributed by atoms with Gasteiger partial charge in [0.2, 0.25) is 0 Å². The van der Waals surface area contributed by atoms with Crippen molar-refractivity contribution in [1.82, 2.24) is 9.97 Å². The van der Waals surface area contributed by atoms with Crippen LogP contribution in [-0.4, -0.2) is 33.0 Å². The molecule has 0 amide bonds. The number of imidazole rings is 1. The van der Waals surface area contributed by atoms with E-state index in [-0.39, 0.29) is 23.1 Å². The summed E-state index contributed by atoms with van der Waals surface area (Å²) in [4.78, 5) is 7.07. The second-order valence-electron chi connectivity index (χ2n) is 1.92. The van der Waals surface area contributed by atoms with Crippen molar-refractivity contribution in [2.75, 3.05) is 0 Å². The van der Waals surface area contributed by atoms with Crippen LogP contribution in [0, 0.1) is 0 Å². The quantitative estimate of drug-likeness (QED) is 0.550. The third-order valence-corrected chi connectivity index (χ3v) is 1.33. The molecule has 3 heteroatoms. The Balaban J connectivity index is 0.000000500. The van der Waals surface area contributed by atoms with Crippen LogP contribution < -0.4 is 0 Å². The molecule has 0 aliphatic carbocycles. The second kappa shape index (κ2) is 3.03. The van der Waals surface area contributed by atoms with E-state index in [2.05, 4.69) is 9.97 Å². The predicted molar refractivity (Wildman–Crippen MR) is 41.8 cm³/mol. The topological polar surface area (TPSA) is 28.7 Å². The first kappa shape index (κ1) is 7.56. The smallest absolute Gasteiger partial charge is 0.345 e. The number of aromatic nitrogens is 2. The molecule has 2 nitrogen and oxygen atoms in total. The molecule has 1 N–H and O–H groups in total. The van der Waals surface area contributed by atoms with Gasteiger partial charge < -0.3 is 4.98 Å². The maximum absolute atomic E-state index is 4.06. The Morgan fingerprint density at radius 1 is 1.20 bits per heavy atom. The van der Waals surface area contributed by atoms with Crippen molar-refractivity contribution in [3.63, 3.8) is 0 Å². The Morgan fingerprint density at radius 2 is 2.00 bits per heavy atom. The molecule has 0 bridgehead atoms. The van der Waals surface area contributed by atoms with Gasteiger partial charge in [0.05, 0.1) is 17.4 Å². The number of hydrogen-bond acceptors (Lipinski definition) is 1. The van der Waals surface area contributed by atoms with E-state index in [4.69, 9.17) is 0 Å². The maximum Gasteiger partial charge on any atom is 2.00 e. The van der Waals surface area contributed by atoms with Crippen molar-refractivity contribution in [1.29, 1.82) is 0 Å². The van der Waals surface area contributed by atoms with E-state index in [1.54, 1.807) is 6.33 Å². The fourth-order valence-corrected chi connectivity index (χ4v) is 0.880. The van der Waals surface area contributed by atoms with Gasteiger partial charge in [-0.3, -0.25) is 0 Å². The average Bonchev–Trinajstić information content (AvgIpc) is 2.33. The molecule has 0 fully saturated rings. The summed E-state index contributed by atoms with van der Waals surface area (Å²) in [6.07, 6.45) is 1.70.